The Morgan fingerprint density at radius 1 is 1.69 bits per heavy atom. The van der Waals surface area contributed by atoms with Crippen molar-refractivity contribution in [2.24, 2.45) is 5.73 Å². The third-order valence-corrected chi connectivity index (χ3v) is 3.83. The summed E-state index contributed by atoms with van der Waals surface area (Å²) in [7, 11) is 0. The van der Waals surface area contributed by atoms with E-state index in [9.17, 15) is 14.4 Å². The number of carbonyl (C=O) groups excluding carboxylic acids is 3. The van der Waals surface area contributed by atoms with Crippen LogP contribution >= 0.6 is 27.7 Å². The molecule has 1 saturated heterocycles. The van der Waals surface area contributed by atoms with Gasteiger partial charge in [0.15, 0.2) is 5.78 Å². The topological polar surface area (TPSA) is 89.3 Å². The van der Waals surface area contributed by atoms with Crippen molar-refractivity contribution in [3.8, 4) is 0 Å². The summed E-state index contributed by atoms with van der Waals surface area (Å²) in [5, 5.41) is 2.12. The quantitative estimate of drug-likeness (QED) is 0.555. The molecule has 0 radical (unpaired) electrons. The second kappa shape index (κ2) is 5.29. The van der Waals surface area contributed by atoms with Gasteiger partial charge >= 0.3 is 0 Å². The molecule has 1 rings (SSSR count). The molecule has 2 unspecified atom stereocenters. The van der Waals surface area contributed by atoms with E-state index in [0.717, 1.165) is 11.8 Å². The van der Waals surface area contributed by atoms with Gasteiger partial charge in [0.05, 0.1) is 11.4 Å². The number of alkyl halides is 1. The van der Waals surface area contributed by atoms with Crippen LogP contribution in [0.4, 0.5) is 0 Å². The van der Waals surface area contributed by atoms with Crippen LogP contribution in [0.25, 0.3) is 0 Å². The van der Waals surface area contributed by atoms with Crippen molar-refractivity contribution in [1.29, 1.82) is 0 Å². The lowest BCUT2D eigenvalue weighted by Gasteiger charge is -2.19. The number of Topliss-reactive ketones (excluding diaryl/α,β-unsaturated/α-hetero) is 1. The second-order valence-electron chi connectivity index (χ2n) is 3.61. The average molecular weight is 309 g/mol. The summed E-state index contributed by atoms with van der Waals surface area (Å²) in [5.41, 5.74) is 4.32. The van der Waals surface area contributed by atoms with Crippen molar-refractivity contribution < 1.29 is 14.4 Å². The minimum Gasteiger partial charge on any atom is -0.348 e. The minimum absolute atomic E-state index is 0.197. The SMILES string of the molecule is CC(Br)C(=O)NCC(=O)C1(N)CCSC1=O. The summed E-state index contributed by atoms with van der Waals surface area (Å²) in [4.78, 5) is 34.0. The largest absolute Gasteiger partial charge is 0.348 e. The van der Waals surface area contributed by atoms with Crippen LogP contribution in [-0.2, 0) is 14.4 Å². The zero-order chi connectivity index (χ0) is 12.3. The van der Waals surface area contributed by atoms with Crippen LogP contribution in [0.2, 0.25) is 0 Å². The van der Waals surface area contributed by atoms with Crippen molar-refractivity contribution in [1.82, 2.24) is 5.32 Å². The molecule has 0 aromatic rings. The molecule has 2 atom stereocenters. The van der Waals surface area contributed by atoms with Crippen molar-refractivity contribution in [3.05, 3.63) is 0 Å². The zero-order valence-corrected chi connectivity index (χ0v) is 11.2. The average Bonchev–Trinajstić information content (AvgIpc) is 2.56. The number of rotatable bonds is 4. The lowest BCUT2D eigenvalue weighted by atomic mass is 9.94. The number of nitrogens with one attached hydrogen (secondary N) is 1. The van der Waals surface area contributed by atoms with E-state index in [0.29, 0.717) is 12.2 Å². The molecular formula is C9H13BrN2O3S. The summed E-state index contributed by atoms with van der Waals surface area (Å²) >= 11 is 4.14. The Morgan fingerprint density at radius 2 is 2.31 bits per heavy atom. The Balaban J connectivity index is 2.53. The number of amides is 1. The van der Waals surface area contributed by atoms with E-state index < -0.39 is 11.3 Å². The van der Waals surface area contributed by atoms with E-state index in [1.165, 1.54) is 0 Å². The van der Waals surface area contributed by atoms with Gasteiger partial charge in [0.2, 0.25) is 11.0 Å². The lowest BCUT2D eigenvalue weighted by Crippen LogP contribution is -2.55. The molecule has 0 spiro atoms. The highest BCUT2D eigenvalue weighted by molar-refractivity contribution is 9.10. The Hall–Kier alpha value is -0.400. The van der Waals surface area contributed by atoms with Crippen LogP contribution in [0.5, 0.6) is 0 Å². The number of nitrogens with two attached hydrogens (primary N) is 1. The van der Waals surface area contributed by atoms with Gasteiger partial charge in [0, 0.05) is 5.75 Å². The molecular weight excluding hydrogens is 296 g/mol. The summed E-state index contributed by atoms with van der Waals surface area (Å²) < 4.78 is 0. The molecule has 16 heavy (non-hydrogen) atoms. The first-order chi connectivity index (χ1) is 7.38. The fraction of sp³-hybridized carbons (Fsp3) is 0.667. The van der Waals surface area contributed by atoms with Gasteiger partial charge in [0.1, 0.15) is 5.54 Å². The Labute approximate surface area is 106 Å². The zero-order valence-electron chi connectivity index (χ0n) is 8.79. The molecule has 1 aliphatic heterocycles. The molecule has 0 bridgehead atoms. The molecule has 0 saturated carbocycles. The first kappa shape index (κ1) is 13.7. The number of halogens is 1. The molecule has 1 fully saturated rings. The standard InChI is InChI=1S/C9H13BrN2O3S/c1-5(10)7(14)12-4-6(13)9(11)2-3-16-8(9)15/h5H,2-4,11H2,1H3,(H,12,14). The first-order valence-electron chi connectivity index (χ1n) is 4.79. The van der Waals surface area contributed by atoms with E-state index >= 15 is 0 Å². The molecule has 1 amide bonds. The number of ketones is 1. The van der Waals surface area contributed by atoms with Crippen LogP contribution in [-0.4, -0.2) is 39.5 Å². The third kappa shape index (κ3) is 2.83. The molecule has 0 aromatic heterocycles. The minimum atomic E-state index is -1.41. The number of hydrogen-bond donors (Lipinski definition) is 2. The summed E-state index contributed by atoms with van der Waals surface area (Å²) in [6.07, 6.45) is 0.342. The molecule has 0 aromatic carbocycles. The van der Waals surface area contributed by atoms with Crippen LogP contribution in [0.15, 0.2) is 0 Å². The summed E-state index contributed by atoms with van der Waals surface area (Å²) in [6, 6.07) is 0. The third-order valence-electron chi connectivity index (χ3n) is 2.38. The second-order valence-corrected chi connectivity index (χ2v) is 6.06. The number of thioether (sulfide) groups is 1. The first-order valence-corrected chi connectivity index (χ1v) is 6.69. The smallest absolute Gasteiger partial charge is 0.233 e. The van der Waals surface area contributed by atoms with Gasteiger partial charge in [-0.3, -0.25) is 14.4 Å². The highest BCUT2D eigenvalue weighted by atomic mass is 79.9. The maximum absolute atomic E-state index is 11.7. The number of hydrogen-bond acceptors (Lipinski definition) is 5. The van der Waals surface area contributed by atoms with E-state index in [4.69, 9.17) is 5.73 Å². The lowest BCUT2D eigenvalue weighted by molar-refractivity contribution is -0.131. The summed E-state index contributed by atoms with van der Waals surface area (Å²) in [6.45, 7) is 1.45. The van der Waals surface area contributed by atoms with Gasteiger partial charge in [-0.1, -0.05) is 27.7 Å². The normalized spacial score (nSPS) is 26.6. The predicted molar refractivity (Wildman–Crippen MR) is 65.4 cm³/mol. The van der Waals surface area contributed by atoms with E-state index in [-0.39, 0.29) is 22.4 Å². The van der Waals surface area contributed by atoms with Crippen molar-refractivity contribution in [3.63, 3.8) is 0 Å². The molecule has 0 aliphatic carbocycles. The van der Waals surface area contributed by atoms with Crippen molar-refractivity contribution in [2.45, 2.75) is 23.7 Å². The van der Waals surface area contributed by atoms with Gasteiger partial charge in [-0.05, 0) is 13.3 Å². The van der Waals surface area contributed by atoms with Crippen LogP contribution in [0.1, 0.15) is 13.3 Å². The Bertz CT molecular complexity index is 335. The maximum atomic E-state index is 11.7. The van der Waals surface area contributed by atoms with Gasteiger partial charge in [0.25, 0.3) is 0 Å². The fourth-order valence-electron chi connectivity index (χ4n) is 1.25. The molecule has 5 nitrogen and oxygen atoms in total. The molecule has 90 valence electrons. The van der Waals surface area contributed by atoms with Gasteiger partial charge in [-0.25, -0.2) is 0 Å². The monoisotopic (exact) mass is 308 g/mol. The highest BCUT2D eigenvalue weighted by Gasteiger charge is 2.45. The Kier molecular flexibility index (Phi) is 4.52. The molecule has 7 heteroatoms. The molecule has 1 heterocycles. The maximum Gasteiger partial charge on any atom is 0.233 e. The number of carbonyl (C=O) groups is 3. The highest BCUT2D eigenvalue weighted by Crippen LogP contribution is 2.28. The van der Waals surface area contributed by atoms with Crippen molar-refractivity contribution >= 4 is 44.5 Å². The Morgan fingerprint density at radius 3 is 2.75 bits per heavy atom. The van der Waals surface area contributed by atoms with Gasteiger partial charge < -0.3 is 11.1 Å². The van der Waals surface area contributed by atoms with Gasteiger partial charge in [-0.15, -0.1) is 0 Å². The van der Waals surface area contributed by atoms with Crippen LogP contribution in [0, 0.1) is 0 Å². The van der Waals surface area contributed by atoms with Gasteiger partial charge in [-0.2, -0.15) is 0 Å². The van der Waals surface area contributed by atoms with E-state index in [1.54, 1.807) is 6.92 Å². The van der Waals surface area contributed by atoms with E-state index in [2.05, 4.69) is 21.2 Å². The fourth-order valence-corrected chi connectivity index (χ4v) is 2.50. The van der Waals surface area contributed by atoms with Crippen molar-refractivity contribution in [2.75, 3.05) is 12.3 Å². The summed E-state index contributed by atoms with van der Waals surface area (Å²) in [5.74, 6) is -0.164. The molecule has 3 N–H and O–H groups in total. The predicted octanol–water partition coefficient (Wildman–Crippen LogP) is -0.184. The van der Waals surface area contributed by atoms with Crippen LogP contribution < -0.4 is 11.1 Å². The van der Waals surface area contributed by atoms with E-state index in [1.807, 2.05) is 0 Å². The molecule has 1 aliphatic rings. The van der Waals surface area contributed by atoms with Crippen LogP contribution in [0.3, 0.4) is 0 Å².